The van der Waals surface area contributed by atoms with Crippen molar-refractivity contribution in [2.75, 3.05) is 6.54 Å². The van der Waals surface area contributed by atoms with Gasteiger partial charge in [0.1, 0.15) is 0 Å². The quantitative estimate of drug-likeness (QED) is 0.476. The molecule has 1 heterocycles. The smallest absolute Gasteiger partial charge is 0.303 e. The van der Waals surface area contributed by atoms with Crippen molar-refractivity contribution in [3.8, 4) is 0 Å². The Hall–Kier alpha value is -2.40. The number of unbranched alkanes of at least 4 members (excludes halogenated alkanes) is 1. The van der Waals surface area contributed by atoms with Crippen LogP contribution in [0.5, 0.6) is 0 Å². The minimum Gasteiger partial charge on any atom is -0.481 e. The fourth-order valence-electron chi connectivity index (χ4n) is 3.47. The Morgan fingerprint density at radius 2 is 2.18 bits per heavy atom. The fraction of sp³-hybridized carbons (Fsp3) is 0.478. The van der Waals surface area contributed by atoms with E-state index in [4.69, 9.17) is 5.11 Å². The van der Waals surface area contributed by atoms with Crippen LogP contribution in [0.1, 0.15) is 49.7 Å². The van der Waals surface area contributed by atoms with Crippen LogP contribution in [0.2, 0.25) is 0 Å². The Labute approximate surface area is 167 Å². The van der Waals surface area contributed by atoms with E-state index < -0.39 is 12.1 Å². The summed E-state index contributed by atoms with van der Waals surface area (Å²) in [6.45, 7) is 2.56. The number of aliphatic carboxylic acids is 1. The van der Waals surface area contributed by atoms with Gasteiger partial charge >= 0.3 is 5.97 Å². The van der Waals surface area contributed by atoms with E-state index in [1.807, 2.05) is 48.3 Å². The number of carbonyl (C=O) groups is 2. The van der Waals surface area contributed by atoms with Gasteiger partial charge in [-0.1, -0.05) is 54.1 Å². The maximum absolute atomic E-state index is 12.3. The highest BCUT2D eigenvalue weighted by molar-refractivity contribution is 5.77. The molecule has 0 saturated carbocycles. The Bertz CT molecular complexity index is 710. The van der Waals surface area contributed by atoms with Crippen molar-refractivity contribution in [2.24, 2.45) is 0 Å². The molecule has 0 spiro atoms. The van der Waals surface area contributed by atoms with Gasteiger partial charge in [-0.15, -0.1) is 0 Å². The summed E-state index contributed by atoms with van der Waals surface area (Å²) in [5, 5.41) is 19.0. The Kier molecular flexibility index (Phi) is 8.95. The summed E-state index contributed by atoms with van der Waals surface area (Å²) in [4.78, 5) is 24.7. The molecule has 1 unspecified atom stereocenters. The van der Waals surface area contributed by atoms with E-state index in [9.17, 15) is 14.7 Å². The highest BCUT2D eigenvalue weighted by Gasteiger charge is 2.25. The number of benzene rings is 1. The number of allylic oxidation sites excluding steroid dienone is 1. The molecule has 1 aromatic rings. The number of hydrogen-bond acceptors (Lipinski definition) is 3. The summed E-state index contributed by atoms with van der Waals surface area (Å²) < 4.78 is 0. The number of hydrogen-bond donors (Lipinski definition) is 2. The molecule has 5 heteroatoms. The zero-order valence-electron chi connectivity index (χ0n) is 16.6. The van der Waals surface area contributed by atoms with E-state index in [-0.39, 0.29) is 18.4 Å². The molecule has 0 aliphatic carbocycles. The zero-order valence-corrected chi connectivity index (χ0v) is 16.6. The maximum atomic E-state index is 12.3. The van der Waals surface area contributed by atoms with Crippen molar-refractivity contribution in [2.45, 2.75) is 64.0 Å². The number of piperidine rings is 1. The van der Waals surface area contributed by atoms with E-state index in [1.165, 1.54) is 5.56 Å². The van der Waals surface area contributed by atoms with Gasteiger partial charge in [0.15, 0.2) is 0 Å². The third-order valence-corrected chi connectivity index (χ3v) is 4.92. The molecule has 0 aromatic heterocycles. The van der Waals surface area contributed by atoms with Gasteiger partial charge in [0.05, 0.1) is 12.1 Å². The summed E-state index contributed by atoms with van der Waals surface area (Å²) >= 11 is 0. The van der Waals surface area contributed by atoms with Crippen molar-refractivity contribution >= 4 is 11.9 Å². The molecule has 0 radical (unpaired) electrons. The van der Waals surface area contributed by atoms with Crippen molar-refractivity contribution in [1.82, 2.24) is 4.90 Å². The lowest BCUT2D eigenvalue weighted by Crippen LogP contribution is -2.42. The predicted octanol–water partition coefficient (Wildman–Crippen LogP) is 3.65. The van der Waals surface area contributed by atoms with E-state index in [0.717, 1.165) is 18.4 Å². The van der Waals surface area contributed by atoms with Crippen LogP contribution < -0.4 is 0 Å². The predicted molar refractivity (Wildman–Crippen MR) is 110 cm³/mol. The molecule has 2 N–H and O–H groups in total. The van der Waals surface area contributed by atoms with Crippen molar-refractivity contribution in [3.05, 3.63) is 59.7 Å². The van der Waals surface area contributed by atoms with Gasteiger partial charge in [0.25, 0.3) is 0 Å². The van der Waals surface area contributed by atoms with Gasteiger partial charge < -0.3 is 15.1 Å². The minimum atomic E-state index is -0.783. The second-order valence-corrected chi connectivity index (χ2v) is 7.41. The van der Waals surface area contributed by atoms with Gasteiger partial charge in [0.2, 0.25) is 5.91 Å². The van der Waals surface area contributed by atoms with E-state index in [2.05, 4.69) is 6.07 Å². The van der Waals surface area contributed by atoms with Crippen LogP contribution in [-0.2, 0) is 16.0 Å². The lowest BCUT2D eigenvalue weighted by molar-refractivity contribution is -0.137. The number of aliphatic hydroxyl groups is 1. The Morgan fingerprint density at radius 3 is 2.93 bits per heavy atom. The normalized spacial score (nSPS) is 18.9. The standard InChI is InChI=1S/C23H31NO4/c1-18-8-6-9-19(16-18)17-21(25)14-13-20-10-7-11-22(26)24(20)15-5-3-2-4-12-23(27)28/h3,5-6,8-9,13-14,16,20-21,25H,2,4,7,10-12,15,17H2,1H3,(H,27,28)/b5-3-,14-13+/t20-,21?/m1/s1. The molecular formula is C23H31NO4. The molecule has 152 valence electrons. The maximum Gasteiger partial charge on any atom is 0.303 e. The first-order chi connectivity index (χ1) is 13.5. The molecular weight excluding hydrogens is 354 g/mol. The van der Waals surface area contributed by atoms with Crippen molar-refractivity contribution in [3.63, 3.8) is 0 Å². The van der Waals surface area contributed by atoms with Crippen LogP contribution in [0.3, 0.4) is 0 Å². The summed E-state index contributed by atoms with van der Waals surface area (Å²) in [5.74, 6) is -0.654. The number of nitrogens with zero attached hydrogens (tertiary/aromatic N) is 1. The highest BCUT2D eigenvalue weighted by Crippen LogP contribution is 2.20. The molecule has 1 aliphatic heterocycles. The molecule has 1 aliphatic rings. The molecule has 2 atom stereocenters. The number of amides is 1. The average Bonchev–Trinajstić information content (AvgIpc) is 2.64. The largest absolute Gasteiger partial charge is 0.481 e. The first kappa shape index (κ1) is 21.9. The number of aliphatic hydroxyl groups excluding tert-OH is 1. The van der Waals surface area contributed by atoms with Gasteiger partial charge in [-0.3, -0.25) is 9.59 Å². The summed E-state index contributed by atoms with van der Waals surface area (Å²) in [6, 6.07) is 8.10. The van der Waals surface area contributed by atoms with Crippen molar-refractivity contribution < 1.29 is 19.8 Å². The summed E-state index contributed by atoms with van der Waals surface area (Å²) in [6.07, 6.45) is 11.4. The number of carbonyl (C=O) groups excluding carboxylic acids is 1. The fourth-order valence-corrected chi connectivity index (χ4v) is 3.47. The van der Waals surface area contributed by atoms with Crippen LogP contribution >= 0.6 is 0 Å². The third kappa shape index (κ3) is 7.69. The second-order valence-electron chi connectivity index (χ2n) is 7.41. The summed E-state index contributed by atoms with van der Waals surface area (Å²) in [5.41, 5.74) is 2.27. The molecule has 5 nitrogen and oxygen atoms in total. The van der Waals surface area contributed by atoms with E-state index in [1.54, 1.807) is 6.08 Å². The SMILES string of the molecule is Cc1cccc(CC(O)/C=C/[C@H]2CCCC(=O)N2C/C=C\CCCC(=O)O)c1. The van der Waals surface area contributed by atoms with Gasteiger partial charge in [-0.05, 0) is 38.2 Å². The molecule has 1 amide bonds. The molecule has 1 fully saturated rings. The topological polar surface area (TPSA) is 77.8 Å². The van der Waals surface area contributed by atoms with Gasteiger partial charge in [0, 0.05) is 25.8 Å². The molecule has 1 aromatic carbocycles. The van der Waals surface area contributed by atoms with Gasteiger partial charge in [-0.25, -0.2) is 0 Å². The number of carboxylic acid groups (broad SMARTS) is 1. The number of aryl methyl sites for hydroxylation is 1. The lowest BCUT2D eigenvalue weighted by Gasteiger charge is -2.33. The van der Waals surface area contributed by atoms with Crippen LogP contribution in [0.4, 0.5) is 0 Å². The first-order valence-electron chi connectivity index (χ1n) is 10.0. The minimum absolute atomic E-state index is 0.00270. The van der Waals surface area contributed by atoms with Crippen LogP contribution in [0.15, 0.2) is 48.6 Å². The van der Waals surface area contributed by atoms with Crippen molar-refractivity contribution in [1.29, 1.82) is 0 Å². The molecule has 2 rings (SSSR count). The first-order valence-corrected chi connectivity index (χ1v) is 10.0. The third-order valence-electron chi connectivity index (χ3n) is 4.92. The number of carboxylic acids is 1. The Morgan fingerprint density at radius 1 is 1.36 bits per heavy atom. The Balaban J connectivity index is 1.87. The van der Waals surface area contributed by atoms with Gasteiger partial charge in [-0.2, -0.15) is 0 Å². The number of likely N-dealkylation sites (tertiary alicyclic amines) is 1. The molecule has 28 heavy (non-hydrogen) atoms. The van der Waals surface area contributed by atoms with Crippen LogP contribution in [-0.4, -0.2) is 45.7 Å². The average molecular weight is 386 g/mol. The van der Waals surface area contributed by atoms with E-state index in [0.29, 0.717) is 32.2 Å². The van der Waals surface area contributed by atoms with Crippen LogP contribution in [0, 0.1) is 6.92 Å². The zero-order chi connectivity index (χ0) is 20.4. The monoisotopic (exact) mass is 385 g/mol. The second kappa shape index (κ2) is 11.4. The highest BCUT2D eigenvalue weighted by atomic mass is 16.4. The molecule has 1 saturated heterocycles. The van der Waals surface area contributed by atoms with Crippen LogP contribution in [0.25, 0.3) is 0 Å². The van der Waals surface area contributed by atoms with E-state index >= 15 is 0 Å². The molecule has 0 bridgehead atoms. The lowest BCUT2D eigenvalue weighted by atomic mass is 9.99. The number of rotatable bonds is 10. The summed E-state index contributed by atoms with van der Waals surface area (Å²) in [7, 11) is 0.